The minimum absolute atomic E-state index is 0.0205. The molecular formula is C17H26FNO2. The summed E-state index contributed by atoms with van der Waals surface area (Å²) < 4.78 is 19.3. The third-order valence-corrected chi connectivity index (χ3v) is 4.59. The van der Waals surface area contributed by atoms with Gasteiger partial charge in [-0.15, -0.1) is 0 Å². The van der Waals surface area contributed by atoms with E-state index in [0.29, 0.717) is 11.5 Å². The quantitative estimate of drug-likeness (QED) is 0.906. The molecular weight excluding hydrogens is 269 g/mol. The SMILES string of the molecule is COC1CN(CC(C)C(O)c2ccccc2F)CCC1C. The number of benzene rings is 1. The van der Waals surface area contributed by atoms with Crippen LogP contribution in [0.15, 0.2) is 24.3 Å². The predicted molar refractivity (Wildman–Crippen MR) is 81.5 cm³/mol. The van der Waals surface area contributed by atoms with E-state index in [1.165, 1.54) is 6.07 Å². The van der Waals surface area contributed by atoms with Crippen molar-refractivity contribution in [3.63, 3.8) is 0 Å². The Bertz CT molecular complexity index is 454. The highest BCUT2D eigenvalue weighted by atomic mass is 19.1. The lowest BCUT2D eigenvalue weighted by Crippen LogP contribution is -2.45. The molecule has 21 heavy (non-hydrogen) atoms. The molecule has 4 atom stereocenters. The second kappa shape index (κ2) is 7.34. The molecule has 0 spiro atoms. The molecule has 1 saturated heterocycles. The first-order chi connectivity index (χ1) is 10.0. The summed E-state index contributed by atoms with van der Waals surface area (Å²) in [5.41, 5.74) is 0.388. The summed E-state index contributed by atoms with van der Waals surface area (Å²) in [7, 11) is 1.75. The molecule has 4 unspecified atom stereocenters. The molecule has 1 aliphatic rings. The number of nitrogens with zero attached hydrogens (tertiary/aromatic N) is 1. The summed E-state index contributed by atoms with van der Waals surface area (Å²) in [5.74, 6) is 0.213. The van der Waals surface area contributed by atoms with E-state index < -0.39 is 6.10 Å². The van der Waals surface area contributed by atoms with Crippen molar-refractivity contribution in [2.75, 3.05) is 26.7 Å². The van der Waals surface area contributed by atoms with E-state index in [2.05, 4.69) is 11.8 Å². The minimum Gasteiger partial charge on any atom is -0.388 e. The lowest BCUT2D eigenvalue weighted by Gasteiger charge is -2.38. The topological polar surface area (TPSA) is 32.7 Å². The van der Waals surface area contributed by atoms with Gasteiger partial charge in [0, 0.05) is 25.8 Å². The molecule has 2 rings (SSSR count). The third kappa shape index (κ3) is 4.02. The van der Waals surface area contributed by atoms with Crippen molar-refractivity contribution in [3.05, 3.63) is 35.6 Å². The zero-order valence-electron chi connectivity index (χ0n) is 13.1. The number of methoxy groups -OCH3 is 1. The van der Waals surface area contributed by atoms with Gasteiger partial charge in [-0.1, -0.05) is 32.0 Å². The molecule has 1 heterocycles. The number of hydrogen-bond donors (Lipinski definition) is 1. The van der Waals surface area contributed by atoms with E-state index in [1.807, 2.05) is 6.92 Å². The maximum atomic E-state index is 13.8. The first-order valence-electron chi connectivity index (χ1n) is 7.70. The normalized spacial score (nSPS) is 26.5. The molecule has 4 heteroatoms. The molecule has 0 amide bonds. The van der Waals surface area contributed by atoms with Gasteiger partial charge in [-0.3, -0.25) is 0 Å². The van der Waals surface area contributed by atoms with Gasteiger partial charge < -0.3 is 14.7 Å². The van der Waals surface area contributed by atoms with Crippen LogP contribution < -0.4 is 0 Å². The highest BCUT2D eigenvalue weighted by Crippen LogP contribution is 2.27. The van der Waals surface area contributed by atoms with Crippen LogP contribution in [0, 0.1) is 17.7 Å². The second-order valence-electron chi connectivity index (χ2n) is 6.24. The van der Waals surface area contributed by atoms with E-state index in [4.69, 9.17) is 4.74 Å². The van der Waals surface area contributed by atoms with Crippen molar-refractivity contribution in [2.45, 2.75) is 32.5 Å². The molecule has 1 N–H and O–H groups in total. The zero-order chi connectivity index (χ0) is 15.4. The van der Waals surface area contributed by atoms with Gasteiger partial charge in [0.05, 0.1) is 12.2 Å². The Kier molecular flexibility index (Phi) is 5.73. The number of hydrogen-bond acceptors (Lipinski definition) is 3. The highest BCUT2D eigenvalue weighted by molar-refractivity contribution is 5.20. The van der Waals surface area contributed by atoms with Crippen LogP contribution >= 0.6 is 0 Å². The number of aliphatic hydroxyl groups is 1. The molecule has 0 radical (unpaired) electrons. The average Bonchev–Trinajstić information content (AvgIpc) is 2.49. The standard InChI is InChI=1S/C17H26FNO2/c1-12-8-9-19(11-16(12)21-3)10-13(2)17(20)14-6-4-5-7-15(14)18/h4-7,12-13,16-17,20H,8-11H2,1-3H3. The summed E-state index contributed by atoms with van der Waals surface area (Å²) in [4.78, 5) is 2.31. The molecule has 3 nitrogen and oxygen atoms in total. The number of rotatable bonds is 5. The van der Waals surface area contributed by atoms with E-state index in [0.717, 1.165) is 26.1 Å². The van der Waals surface area contributed by atoms with Gasteiger partial charge >= 0.3 is 0 Å². The molecule has 1 aromatic carbocycles. The van der Waals surface area contributed by atoms with E-state index in [1.54, 1.807) is 25.3 Å². The zero-order valence-corrected chi connectivity index (χ0v) is 13.1. The van der Waals surface area contributed by atoms with Crippen LogP contribution in [0.4, 0.5) is 4.39 Å². The van der Waals surface area contributed by atoms with Crippen molar-refractivity contribution in [2.24, 2.45) is 11.8 Å². The molecule has 0 aliphatic carbocycles. The first kappa shape index (κ1) is 16.4. The largest absolute Gasteiger partial charge is 0.388 e. The first-order valence-corrected chi connectivity index (χ1v) is 7.70. The summed E-state index contributed by atoms with van der Waals surface area (Å²) in [6, 6.07) is 6.46. The molecule has 118 valence electrons. The number of piperidine rings is 1. The molecule has 1 aliphatic heterocycles. The Balaban J connectivity index is 1.95. The Labute approximate surface area is 126 Å². The number of halogens is 1. The van der Waals surface area contributed by atoms with Crippen LogP contribution in [0.5, 0.6) is 0 Å². The van der Waals surface area contributed by atoms with Gasteiger partial charge in [0.25, 0.3) is 0 Å². The fraction of sp³-hybridized carbons (Fsp3) is 0.647. The smallest absolute Gasteiger partial charge is 0.129 e. The minimum atomic E-state index is -0.772. The predicted octanol–water partition coefficient (Wildman–Crippen LogP) is 2.85. The molecule has 0 saturated carbocycles. The van der Waals surface area contributed by atoms with Gasteiger partial charge in [0.15, 0.2) is 0 Å². The number of aliphatic hydroxyl groups excluding tert-OH is 1. The second-order valence-corrected chi connectivity index (χ2v) is 6.24. The van der Waals surface area contributed by atoms with E-state index >= 15 is 0 Å². The summed E-state index contributed by atoms with van der Waals surface area (Å²) >= 11 is 0. The molecule has 0 bridgehead atoms. The highest BCUT2D eigenvalue weighted by Gasteiger charge is 2.28. The van der Waals surface area contributed by atoms with Gasteiger partial charge in [-0.2, -0.15) is 0 Å². The molecule has 1 fully saturated rings. The van der Waals surface area contributed by atoms with Crippen LogP contribution in [0.3, 0.4) is 0 Å². The van der Waals surface area contributed by atoms with Gasteiger partial charge in [0.1, 0.15) is 5.82 Å². The number of ether oxygens (including phenoxy) is 1. The number of likely N-dealkylation sites (tertiary alicyclic amines) is 1. The average molecular weight is 295 g/mol. The fourth-order valence-electron chi connectivity index (χ4n) is 3.10. The van der Waals surface area contributed by atoms with Crippen molar-refractivity contribution >= 4 is 0 Å². The van der Waals surface area contributed by atoms with E-state index in [9.17, 15) is 9.50 Å². The summed E-state index contributed by atoms with van der Waals surface area (Å²) in [6.07, 6.45) is 0.573. The van der Waals surface area contributed by atoms with E-state index in [-0.39, 0.29) is 17.8 Å². The summed E-state index contributed by atoms with van der Waals surface area (Å²) in [5, 5.41) is 10.4. The lowest BCUT2D eigenvalue weighted by molar-refractivity contribution is -0.0169. The molecule has 0 aromatic heterocycles. The molecule has 1 aromatic rings. The van der Waals surface area contributed by atoms with Gasteiger partial charge in [-0.25, -0.2) is 4.39 Å². The van der Waals surface area contributed by atoms with Crippen molar-refractivity contribution in [3.8, 4) is 0 Å². The van der Waals surface area contributed by atoms with Crippen LogP contribution in [0.2, 0.25) is 0 Å². The fourth-order valence-corrected chi connectivity index (χ4v) is 3.10. The Morgan fingerprint density at radius 2 is 2.14 bits per heavy atom. The van der Waals surface area contributed by atoms with Crippen molar-refractivity contribution in [1.82, 2.24) is 4.90 Å². The Morgan fingerprint density at radius 3 is 2.81 bits per heavy atom. The van der Waals surface area contributed by atoms with Crippen LogP contribution in [0.1, 0.15) is 31.9 Å². The van der Waals surface area contributed by atoms with Crippen molar-refractivity contribution < 1.29 is 14.2 Å². The maximum absolute atomic E-state index is 13.8. The third-order valence-electron chi connectivity index (χ3n) is 4.59. The Morgan fingerprint density at radius 1 is 1.43 bits per heavy atom. The monoisotopic (exact) mass is 295 g/mol. The summed E-state index contributed by atoms with van der Waals surface area (Å²) in [6.45, 7) is 6.82. The Hall–Kier alpha value is -0.970. The van der Waals surface area contributed by atoms with Crippen LogP contribution in [-0.4, -0.2) is 42.9 Å². The van der Waals surface area contributed by atoms with Gasteiger partial charge in [-0.05, 0) is 30.9 Å². The van der Waals surface area contributed by atoms with Crippen LogP contribution in [-0.2, 0) is 4.74 Å². The van der Waals surface area contributed by atoms with Crippen molar-refractivity contribution in [1.29, 1.82) is 0 Å². The lowest BCUT2D eigenvalue weighted by atomic mass is 9.92. The maximum Gasteiger partial charge on any atom is 0.129 e. The van der Waals surface area contributed by atoms with Gasteiger partial charge in [0.2, 0.25) is 0 Å². The van der Waals surface area contributed by atoms with Crippen LogP contribution in [0.25, 0.3) is 0 Å².